The highest BCUT2D eigenvalue weighted by molar-refractivity contribution is 5.86. The molecule has 0 aromatic carbocycles. The van der Waals surface area contributed by atoms with Crippen LogP contribution in [-0.4, -0.2) is 24.5 Å². The maximum absolute atomic E-state index is 12.0. The fourth-order valence-corrected chi connectivity index (χ4v) is 2.59. The van der Waals surface area contributed by atoms with E-state index in [4.69, 9.17) is 0 Å². The summed E-state index contributed by atoms with van der Waals surface area (Å²) in [5, 5.41) is 6.51. The van der Waals surface area contributed by atoms with Crippen molar-refractivity contribution in [3.05, 3.63) is 0 Å². The van der Waals surface area contributed by atoms with Gasteiger partial charge in [0.05, 0.1) is 5.54 Å². The third-order valence-corrected chi connectivity index (χ3v) is 3.49. The van der Waals surface area contributed by atoms with Gasteiger partial charge in [-0.15, -0.1) is 0 Å². The molecule has 0 bridgehead atoms. The molecule has 2 aliphatic rings. The van der Waals surface area contributed by atoms with E-state index in [9.17, 15) is 4.79 Å². The van der Waals surface area contributed by atoms with Gasteiger partial charge in [-0.1, -0.05) is 12.8 Å². The van der Waals surface area contributed by atoms with E-state index in [1.54, 1.807) is 0 Å². The van der Waals surface area contributed by atoms with Crippen LogP contribution in [0.2, 0.25) is 0 Å². The zero-order chi connectivity index (χ0) is 9.86. The third-order valence-electron chi connectivity index (χ3n) is 3.49. The minimum absolute atomic E-state index is 0.215. The van der Waals surface area contributed by atoms with Crippen LogP contribution in [0, 0.1) is 0 Å². The largest absolute Gasteiger partial charge is 0.354 e. The molecule has 80 valence electrons. The van der Waals surface area contributed by atoms with Gasteiger partial charge in [-0.25, -0.2) is 0 Å². The molecule has 0 aromatic heterocycles. The topological polar surface area (TPSA) is 41.1 Å². The fourth-order valence-electron chi connectivity index (χ4n) is 2.59. The first-order valence-corrected chi connectivity index (χ1v) is 5.87. The van der Waals surface area contributed by atoms with Crippen LogP contribution in [-0.2, 0) is 4.79 Å². The lowest BCUT2D eigenvalue weighted by Crippen LogP contribution is -2.55. The van der Waals surface area contributed by atoms with E-state index in [0.717, 1.165) is 32.4 Å². The number of hydrogen-bond acceptors (Lipinski definition) is 2. The van der Waals surface area contributed by atoms with Crippen LogP contribution in [0.15, 0.2) is 0 Å². The van der Waals surface area contributed by atoms with E-state index >= 15 is 0 Å². The highest BCUT2D eigenvalue weighted by atomic mass is 16.2. The van der Waals surface area contributed by atoms with Gasteiger partial charge in [-0.3, -0.25) is 4.79 Å². The molecular weight excluding hydrogens is 176 g/mol. The zero-order valence-electron chi connectivity index (χ0n) is 8.77. The Morgan fingerprint density at radius 1 is 0.929 bits per heavy atom. The summed E-state index contributed by atoms with van der Waals surface area (Å²) in [5.74, 6) is 0.247. The summed E-state index contributed by atoms with van der Waals surface area (Å²) in [6, 6.07) is 0. The van der Waals surface area contributed by atoms with Crippen molar-refractivity contribution in [2.45, 2.75) is 50.5 Å². The van der Waals surface area contributed by atoms with E-state index in [2.05, 4.69) is 10.6 Å². The second kappa shape index (κ2) is 4.30. The summed E-state index contributed by atoms with van der Waals surface area (Å²) >= 11 is 0. The number of rotatable bonds is 0. The molecular formula is C11H20N2O. The highest BCUT2D eigenvalue weighted by Crippen LogP contribution is 2.26. The van der Waals surface area contributed by atoms with Crippen molar-refractivity contribution in [1.29, 1.82) is 0 Å². The Balaban J connectivity index is 2.11. The summed E-state index contributed by atoms with van der Waals surface area (Å²) < 4.78 is 0. The first-order chi connectivity index (χ1) is 6.83. The van der Waals surface area contributed by atoms with Crippen LogP contribution in [0.4, 0.5) is 0 Å². The summed E-state index contributed by atoms with van der Waals surface area (Å²) in [4.78, 5) is 12.0. The summed E-state index contributed by atoms with van der Waals surface area (Å²) in [6.07, 6.45) is 8.04. The average molecular weight is 196 g/mol. The predicted molar refractivity (Wildman–Crippen MR) is 56.1 cm³/mol. The Bertz CT molecular complexity index is 199. The second-order valence-electron chi connectivity index (χ2n) is 4.53. The van der Waals surface area contributed by atoms with Gasteiger partial charge in [-0.2, -0.15) is 0 Å². The summed E-state index contributed by atoms with van der Waals surface area (Å²) in [5.41, 5.74) is -0.215. The molecule has 2 N–H and O–H groups in total. The fraction of sp³-hybridized carbons (Fsp3) is 0.909. The monoisotopic (exact) mass is 196 g/mol. The molecule has 1 unspecified atom stereocenters. The lowest BCUT2D eigenvalue weighted by atomic mass is 9.88. The Hall–Kier alpha value is -0.570. The van der Waals surface area contributed by atoms with E-state index in [1.165, 1.54) is 25.7 Å². The standard InChI is InChI=1S/C11H20N2O/c14-10-11(7-3-5-8-12-10)6-2-1-4-9-13-11/h13H,1-9H2,(H,12,14). The maximum Gasteiger partial charge on any atom is 0.240 e. The van der Waals surface area contributed by atoms with Gasteiger partial charge in [0.2, 0.25) is 5.91 Å². The van der Waals surface area contributed by atoms with Gasteiger partial charge in [0.1, 0.15) is 0 Å². The van der Waals surface area contributed by atoms with Crippen molar-refractivity contribution in [1.82, 2.24) is 10.6 Å². The zero-order valence-corrected chi connectivity index (χ0v) is 8.77. The normalized spacial score (nSPS) is 34.7. The van der Waals surface area contributed by atoms with E-state index in [0.29, 0.717) is 0 Å². The number of hydrogen-bond donors (Lipinski definition) is 2. The molecule has 2 heterocycles. The molecule has 0 aromatic rings. The van der Waals surface area contributed by atoms with Crippen LogP contribution >= 0.6 is 0 Å². The molecule has 2 aliphatic heterocycles. The Morgan fingerprint density at radius 2 is 1.64 bits per heavy atom. The van der Waals surface area contributed by atoms with Crippen molar-refractivity contribution in [2.24, 2.45) is 0 Å². The van der Waals surface area contributed by atoms with Crippen LogP contribution in [0.1, 0.15) is 44.9 Å². The van der Waals surface area contributed by atoms with Gasteiger partial charge in [-0.05, 0) is 38.6 Å². The molecule has 3 heteroatoms. The van der Waals surface area contributed by atoms with Crippen molar-refractivity contribution >= 4 is 5.91 Å². The third kappa shape index (κ3) is 1.92. The van der Waals surface area contributed by atoms with Gasteiger partial charge in [0.25, 0.3) is 0 Å². The number of nitrogens with one attached hydrogen (secondary N) is 2. The molecule has 2 fully saturated rings. The molecule has 2 saturated heterocycles. The van der Waals surface area contributed by atoms with Crippen LogP contribution < -0.4 is 10.6 Å². The molecule has 1 atom stereocenters. The second-order valence-corrected chi connectivity index (χ2v) is 4.53. The number of carbonyl (C=O) groups excluding carboxylic acids is 1. The van der Waals surface area contributed by atoms with Gasteiger partial charge in [0, 0.05) is 6.54 Å². The smallest absolute Gasteiger partial charge is 0.240 e. The van der Waals surface area contributed by atoms with Crippen molar-refractivity contribution < 1.29 is 4.79 Å². The Kier molecular flexibility index (Phi) is 3.06. The lowest BCUT2D eigenvalue weighted by molar-refractivity contribution is -0.127. The van der Waals surface area contributed by atoms with Crippen molar-refractivity contribution in [3.8, 4) is 0 Å². The van der Waals surface area contributed by atoms with Gasteiger partial charge in [0.15, 0.2) is 0 Å². The first kappa shape index (κ1) is 9.97. The summed E-state index contributed by atoms with van der Waals surface area (Å²) in [6.45, 7) is 1.87. The van der Waals surface area contributed by atoms with E-state index < -0.39 is 0 Å². The average Bonchev–Trinajstić information content (AvgIpc) is 2.51. The Morgan fingerprint density at radius 3 is 2.50 bits per heavy atom. The van der Waals surface area contributed by atoms with Gasteiger partial charge >= 0.3 is 0 Å². The lowest BCUT2D eigenvalue weighted by Gasteiger charge is -2.30. The quantitative estimate of drug-likeness (QED) is 0.611. The van der Waals surface area contributed by atoms with Crippen molar-refractivity contribution in [3.63, 3.8) is 0 Å². The Labute approximate surface area is 85.6 Å². The predicted octanol–water partition coefficient (Wildman–Crippen LogP) is 1.19. The van der Waals surface area contributed by atoms with Crippen molar-refractivity contribution in [2.75, 3.05) is 13.1 Å². The minimum Gasteiger partial charge on any atom is -0.354 e. The van der Waals surface area contributed by atoms with Crippen LogP contribution in [0.5, 0.6) is 0 Å². The molecule has 0 saturated carbocycles. The van der Waals surface area contributed by atoms with Crippen LogP contribution in [0.25, 0.3) is 0 Å². The molecule has 0 radical (unpaired) electrons. The number of carbonyl (C=O) groups is 1. The van der Waals surface area contributed by atoms with E-state index in [1.807, 2.05) is 0 Å². The SMILES string of the molecule is O=C1NCCCCC12CCCCCN2. The molecule has 1 spiro atoms. The molecule has 2 rings (SSSR count). The maximum atomic E-state index is 12.0. The van der Waals surface area contributed by atoms with E-state index in [-0.39, 0.29) is 11.4 Å². The molecule has 1 amide bonds. The number of amides is 1. The molecule has 14 heavy (non-hydrogen) atoms. The highest BCUT2D eigenvalue weighted by Gasteiger charge is 2.38. The van der Waals surface area contributed by atoms with Crippen LogP contribution in [0.3, 0.4) is 0 Å². The molecule has 3 nitrogen and oxygen atoms in total. The minimum atomic E-state index is -0.215. The summed E-state index contributed by atoms with van der Waals surface area (Å²) in [7, 11) is 0. The first-order valence-electron chi connectivity index (χ1n) is 5.87. The molecule has 0 aliphatic carbocycles. The van der Waals surface area contributed by atoms with Gasteiger partial charge < -0.3 is 10.6 Å².